The average Bonchev–Trinajstić information content (AvgIpc) is 2.47. The van der Waals surface area contributed by atoms with Crippen LogP contribution in [0.25, 0.3) is 0 Å². The number of carbonyl (C=O) groups is 1. The molecule has 2 nitrogen and oxygen atoms in total. The molecule has 0 aliphatic heterocycles. The van der Waals surface area contributed by atoms with Gasteiger partial charge in [-0.25, -0.2) is 0 Å². The smallest absolute Gasteiger partial charge is 0.166 e. The maximum absolute atomic E-state index is 12.1. The van der Waals surface area contributed by atoms with Crippen molar-refractivity contribution in [3.8, 4) is 5.75 Å². The van der Waals surface area contributed by atoms with Gasteiger partial charge in [-0.05, 0) is 31.0 Å². The van der Waals surface area contributed by atoms with Crippen molar-refractivity contribution in [1.82, 2.24) is 0 Å². The van der Waals surface area contributed by atoms with E-state index < -0.39 is 0 Å². The predicted octanol–water partition coefficient (Wildman–Crippen LogP) is 4.56. The number of ether oxygens (including phenoxy) is 1. The Balaban J connectivity index is 2.16. The summed E-state index contributed by atoms with van der Waals surface area (Å²) in [5.74, 6) is 0.831. The van der Waals surface area contributed by atoms with Crippen molar-refractivity contribution in [1.29, 1.82) is 0 Å². The zero-order chi connectivity index (χ0) is 14.4. The van der Waals surface area contributed by atoms with Crippen molar-refractivity contribution < 1.29 is 9.53 Å². The highest BCUT2D eigenvalue weighted by atomic mass is 16.5. The largest absolute Gasteiger partial charge is 0.488 e. The molecule has 0 saturated carbocycles. The Kier molecular flexibility index (Phi) is 4.94. The molecule has 0 spiro atoms. The minimum absolute atomic E-state index is 0.152. The van der Waals surface area contributed by atoms with Gasteiger partial charge >= 0.3 is 0 Å². The number of ketones is 1. The quantitative estimate of drug-likeness (QED) is 0.718. The first-order valence-electron chi connectivity index (χ1n) is 7.01. The maximum atomic E-state index is 12.1. The highest BCUT2D eigenvalue weighted by Crippen LogP contribution is 2.23. The van der Waals surface area contributed by atoms with E-state index >= 15 is 0 Å². The molecule has 0 aliphatic rings. The lowest BCUT2D eigenvalue weighted by Gasteiger charge is -2.11. The van der Waals surface area contributed by atoms with Crippen LogP contribution < -0.4 is 4.74 Å². The van der Waals surface area contributed by atoms with E-state index in [9.17, 15) is 4.79 Å². The molecule has 2 aromatic rings. The molecule has 0 amide bonds. The lowest BCUT2D eigenvalue weighted by Crippen LogP contribution is -2.04. The van der Waals surface area contributed by atoms with Crippen LogP contribution in [0.5, 0.6) is 5.75 Å². The molecule has 0 heterocycles. The molecule has 0 aromatic heterocycles. The van der Waals surface area contributed by atoms with Gasteiger partial charge in [-0.3, -0.25) is 4.79 Å². The van der Waals surface area contributed by atoms with E-state index in [-0.39, 0.29) is 5.78 Å². The average molecular weight is 268 g/mol. The predicted molar refractivity (Wildman–Crippen MR) is 81.2 cm³/mol. The summed E-state index contributed by atoms with van der Waals surface area (Å²) in [4.78, 5) is 12.1. The van der Waals surface area contributed by atoms with Crippen molar-refractivity contribution in [3.63, 3.8) is 0 Å². The van der Waals surface area contributed by atoms with E-state index in [2.05, 4.69) is 0 Å². The molecule has 0 aliphatic carbocycles. The second kappa shape index (κ2) is 6.90. The zero-order valence-electron chi connectivity index (χ0n) is 12.1. The highest BCUT2D eigenvalue weighted by molar-refractivity contribution is 5.98. The summed E-state index contributed by atoms with van der Waals surface area (Å²) in [5.41, 5.74) is 2.88. The minimum atomic E-state index is 0.152. The summed E-state index contributed by atoms with van der Waals surface area (Å²) >= 11 is 0. The Morgan fingerprint density at radius 2 is 1.85 bits per heavy atom. The molecule has 0 N–H and O–H groups in total. The first kappa shape index (κ1) is 14.3. The lowest BCUT2D eigenvalue weighted by atomic mass is 10.0. The van der Waals surface area contributed by atoms with E-state index in [0.717, 1.165) is 17.5 Å². The first-order chi connectivity index (χ1) is 9.70. The molecule has 0 radical (unpaired) electrons. The Labute approximate surface area is 120 Å². The summed E-state index contributed by atoms with van der Waals surface area (Å²) in [6.07, 6.45) is 1.41. The number of benzene rings is 2. The molecule has 2 aromatic carbocycles. The van der Waals surface area contributed by atoms with E-state index in [0.29, 0.717) is 24.3 Å². The van der Waals surface area contributed by atoms with Crippen LogP contribution in [-0.4, -0.2) is 5.78 Å². The van der Waals surface area contributed by atoms with E-state index in [1.807, 2.05) is 62.4 Å². The topological polar surface area (TPSA) is 26.3 Å². The van der Waals surface area contributed by atoms with Gasteiger partial charge < -0.3 is 4.74 Å². The summed E-state index contributed by atoms with van der Waals surface area (Å²) in [5, 5.41) is 0. The monoisotopic (exact) mass is 268 g/mol. The van der Waals surface area contributed by atoms with E-state index in [1.165, 1.54) is 0 Å². The van der Waals surface area contributed by atoms with Crippen LogP contribution in [0.15, 0.2) is 48.5 Å². The standard InChI is InChI=1S/C18H20O2/c1-3-7-17(19)16-12-14(2)10-11-18(16)20-13-15-8-5-4-6-9-15/h4-6,8-12H,3,7,13H2,1-2H3. The van der Waals surface area contributed by atoms with Gasteiger partial charge in [0.2, 0.25) is 0 Å². The van der Waals surface area contributed by atoms with Crippen molar-refractivity contribution >= 4 is 5.78 Å². The van der Waals surface area contributed by atoms with Gasteiger partial charge in [-0.1, -0.05) is 48.9 Å². The Morgan fingerprint density at radius 1 is 1.10 bits per heavy atom. The molecular weight excluding hydrogens is 248 g/mol. The van der Waals surface area contributed by atoms with Crippen LogP contribution in [0.2, 0.25) is 0 Å². The Hall–Kier alpha value is -2.09. The number of Topliss-reactive ketones (excluding diaryl/α,β-unsaturated/α-hetero) is 1. The third kappa shape index (κ3) is 3.70. The summed E-state index contributed by atoms with van der Waals surface area (Å²) in [6.45, 7) is 4.48. The molecule has 2 rings (SSSR count). The summed E-state index contributed by atoms with van der Waals surface area (Å²) < 4.78 is 5.82. The molecule has 0 atom stereocenters. The Bertz CT molecular complexity index is 573. The van der Waals surface area contributed by atoms with Crippen LogP contribution in [-0.2, 0) is 6.61 Å². The molecule has 104 valence electrons. The molecule has 0 saturated heterocycles. The van der Waals surface area contributed by atoms with Gasteiger partial charge in [-0.2, -0.15) is 0 Å². The SMILES string of the molecule is CCCC(=O)c1cc(C)ccc1OCc1ccccc1. The summed E-state index contributed by atoms with van der Waals surface area (Å²) in [7, 11) is 0. The normalized spacial score (nSPS) is 10.3. The third-order valence-electron chi connectivity index (χ3n) is 3.15. The van der Waals surface area contributed by atoms with Crippen LogP contribution in [0.1, 0.15) is 41.3 Å². The fourth-order valence-corrected chi connectivity index (χ4v) is 2.08. The van der Waals surface area contributed by atoms with Crippen molar-refractivity contribution in [3.05, 3.63) is 65.2 Å². The Morgan fingerprint density at radius 3 is 2.55 bits per heavy atom. The number of carbonyl (C=O) groups excluding carboxylic acids is 1. The summed E-state index contributed by atoms with van der Waals surface area (Å²) in [6, 6.07) is 15.8. The van der Waals surface area contributed by atoms with Gasteiger partial charge in [0.1, 0.15) is 12.4 Å². The molecule has 0 fully saturated rings. The third-order valence-corrected chi connectivity index (χ3v) is 3.15. The van der Waals surface area contributed by atoms with Crippen molar-refractivity contribution in [2.24, 2.45) is 0 Å². The minimum Gasteiger partial charge on any atom is -0.488 e. The fourth-order valence-electron chi connectivity index (χ4n) is 2.08. The van der Waals surface area contributed by atoms with E-state index in [1.54, 1.807) is 0 Å². The second-order valence-corrected chi connectivity index (χ2v) is 4.95. The maximum Gasteiger partial charge on any atom is 0.166 e. The van der Waals surface area contributed by atoms with Gasteiger partial charge in [0, 0.05) is 6.42 Å². The van der Waals surface area contributed by atoms with Crippen LogP contribution >= 0.6 is 0 Å². The fraction of sp³-hybridized carbons (Fsp3) is 0.278. The van der Waals surface area contributed by atoms with Gasteiger partial charge in [0.25, 0.3) is 0 Å². The van der Waals surface area contributed by atoms with Gasteiger partial charge in [0.05, 0.1) is 5.56 Å². The van der Waals surface area contributed by atoms with Crippen LogP contribution in [0.3, 0.4) is 0 Å². The van der Waals surface area contributed by atoms with Crippen LogP contribution in [0, 0.1) is 6.92 Å². The van der Waals surface area contributed by atoms with Gasteiger partial charge in [-0.15, -0.1) is 0 Å². The zero-order valence-corrected chi connectivity index (χ0v) is 12.1. The second-order valence-electron chi connectivity index (χ2n) is 4.95. The molecule has 2 heteroatoms. The first-order valence-corrected chi connectivity index (χ1v) is 7.01. The van der Waals surface area contributed by atoms with Crippen molar-refractivity contribution in [2.45, 2.75) is 33.3 Å². The molecule has 0 unspecified atom stereocenters. The van der Waals surface area contributed by atoms with Crippen molar-refractivity contribution in [2.75, 3.05) is 0 Å². The number of hydrogen-bond acceptors (Lipinski definition) is 2. The number of aryl methyl sites for hydroxylation is 1. The van der Waals surface area contributed by atoms with Crippen LogP contribution in [0.4, 0.5) is 0 Å². The highest BCUT2D eigenvalue weighted by Gasteiger charge is 2.12. The van der Waals surface area contributed by atoms with Gasteiger partial charge in [0.15, 0.2) is 5.78 Å². The molecule has 20 heavy (non-hydrogen) atoms. The number of hydrogen-bond donors (Lipinski definition) is 0. The molecule has 0 bridgehead atoms. The lowest BCUT2D eigenvalue weighted by molar-refractivity contribution is 0.0977. The van der Waals surface area contributed by atoms with E-state index in [4.69, 9.17) is 4.74 Å². The number of rotatable bonds is 6. The molecular formula is C18H20O2.